The number of aromatic amines is 1. The minimum Gasteiger partial charge on any atom is -0.453 e. The minimum absolute atomic E-state index is 0.106. The van der Waals surface area contributed by atoms with Gasteiger partial charge in [-0.05, 0) is 61.9 Å². The first-order valence-corrected chi connectivity index (χ1v) is 16.6. The number of anilines is 1. The van der Waals surface area contributed by atoms with Gasteiger partial charge >= 0.3 is 12.1 Å². The predicted octanol–water partition coefficient (Wildman–Crippen LogP) is 4.80. The molecule has 0 aliphatic carbocycles. The third-order valence-electron chi connectivity index (χ3n) is 8.54. The van der Waals surface area contributed by atoms with Crippen molar-refractivity contribution in [1.29, 1.82) is 0 Å². The first kappa shape index (κ1) is 32.1. The Labute approximate surface area is 275 Å². The monoisotopic (exact) mass is 658 g/mol. The number of likely N-dealkylation sites (tertiary alicyclic amines) is 1. The molecule has 2 aliphatic rings. The van der Waals surface area contributed by atoms with Crippen LogP contribution in [0.25, 0.3) is 32.0 Å². The zero-order chi connectivity index (χ0) is 33.1. The van der Waals surface area contributed by atoms with Gasteiger partial charge in [-0.2, -0.15) is 0 Å². The fourth-order valence-corrected chi connectivity index (χ4v) is 7.04. The quantitative estimate of drug-likeness (QED) is 0.180. The molecule has 4 heterocycles. The second-order valence-electron chi connectivity index (χ2n) is 12.1. The molecule has 2 aromatic carbocycles. The molecule has 0 bridgehead atoms. The molecule has 13 nitrogen and oxygen atoms in total. The summed E-state index contributed by atoms with van der Waals surface area (Å²) >= 11 is 1.51. The lowest BCUT2D eigenvalue weighted by atomic mass is 10.0. The number of hydrogen-bond donors (Lipinski definition) is 5. The third-order valence-corrected chi connectivity index (χ3v) is 9.61. The van der Waals surface area contributed by atoms with E-state index in [1.807, 2.05) is 50.2 Å². The smallest absolute Gasteiger partial charge is 0.407 e. The first-order valence-electron chi connectivity index (χ1n) is 15.8. The van der Waals surface area contributed by atoms with Gasteiger partial charge in [0.15, 0.2) is 0 Å². The van der Waals surface area contributed by atoms with E-state index < -0.39 is 18.2 Å². The van der Waals surface area contributed by atoms with Gasteiger partial charge in [-0.1, -0.05) is 38.1 Å². The van der Waals surface area contributed by atoms with Gasteiger partial charge in [0.25, 0.3) is 0 Å². The number of amides is 5. The van der Waals surface area contributed by atoms with E-state index in [1.54, 1.807) is 17.2 Å². The average Bonchev–Trinajstić information content (AvgIpc) is 3.89. The van der Waals surface area contributed by atoms with Crippen LogP contribution in [0, 0.1) is 5.92 Å². The molecule has 0 spiro atoms. The van der Waals surface area contributed by atoms with E-state index in [2.05, 4.69) is 31.2 Å². The van der Waals surface area contributed by atoms with Crippen molar-refractivity contribution in [2.24, 2.45) is 5.92 Å². The number of urea groups is 1. The van der Waals surface area contributed by atoms with Crippen molar-refractivity contribution < 1.29 is 23.9 Å². The van der Waals surface area contributed by atoms with Gasteiger partial charge in [0, 0.05) is 17.8 Å². The Morgan fingerprint density at radius 3 is 2.55 bits per heavy atom. The number of imide groups is 1. The van der Waals surface area contributed by atoms with E-state index in [0.717, 1.165) is 64.3 Å². The van der Waals surface area contributed by atoms with Crippen LogP contribution in [0.5, 0.6) is 0 Å². The van der Waals surface area contributed by atoms with Crippen molar-refractivity contribution in [3.05, 3.63) is 54.5 Å². The number of hydrogen-bond acceptors (Lipinski definition) is 9. The topological polar surface area (TPSA) is 170 Å². The average molecular weight is 659 g/mol. The van der Waals surface area contributed by atoms with Crippen LogP contribution in [0.1, 0.15) is 51.4 Å². The number of H-pyrrole nitrogens is 1. The number of nitrogens with zero attached hydrogens (tertiary/aromatic N) is 3. The number of fused-ring (bicyclic) bond motifs is 1. The number of carbonyl (C=O) groups is 4. The van der Waals surface area contributed by atoms with Crippen molar-refractivity contribution in [2.45, 2.75) is 57.7 Å². The largest absolute Gasteiger partial charge is 0.453 e. The van der Waals surface area contributed by atoms with Gasteiger partial charge < -0.3 is 30.6 Å². The third kappa shape index (κ3) is 7.13. The maximum Gasteiger partial charge on any atom is 0.407 e. The number of imidazole rings is 1. The number of benzene rings is 2. The summed E-state index contributed by atoms with van der Waals surface area (Å²) in [6.07, 6.45) is 4.40. The Morgan fingerprint density at radius 2 is 1.83 bits per heavy atom. The fraction of sp³-hybridized carbons (Fsp3) is 0.394. The molecule has 14 heteroatoms. The molecule has 4 aromatic rings. The Bertz CT molecular complexity index is 1780. The maximum atomic E-state index is 13.5. The summed E-state index contributed by atoms with van der Waals surface area (Å²) in [5.74, 6) is 0.130. The molecule has 2 saturated heterocycles. The second kappa shape index (κ2) is 13.9. The van der Waals surface area contributed by atoms with Gasteiger partial charge in [0.05, 0.1) is 41.3 Å². The molecule has 246 valence electrons. The highest BCUT2D eigenvalue weighted by atomic mass is 32.1. The van der Waals surface area contributed by atoms with Crippen LogP contribution in [0.2, 0.25) is 0 Å². The Kier molecular flexibility index (Phi) is 9.50. The molecule has 5 amide bonds. The highest BCUT2D eigenvalue weighted by Gasteiger charge is 2.37. The number of methoxy groups -OCH3 is 1. The van der Waals surface area contributed by atoms with Crippen LogP contribution in [0.3, 0.4) is 0 Å². The zero-order valence-electron chi connectivity index (χ0n) is 26.5. The lowest BCUT2D eigenvalue weighted by molar-refractivity contribution is -0.135. The molecule has 3 atom stereocenters. The highest BCUT2D eigenvalue weighted by Crippen LogP contribution is 2.35. The van der Waals surface area contributed by atoms with E-state index in [9.17, 15) is 19.2 Å². The van der Waals surface area contributed by atoms with E-state index in [0.29, 0.717) is 18.1 Å². The van der Waals surface area contributed by atoms with Gasteiger partial charge in [-0.15, -0.1) is 11.3 Å². The molecule has 2 aliphatic heterocycles. The normalized spacial score (nSPS) is 18.3. The highest BCUT2D eigenvalue weighted by molar-refractivity contribution is 7.21. The summed E-state index contributed by atoms with van der Waals surface area (Å²) in [5, 5.41) is 11.7. The lowest BCUT2D eigenvalue weighted by Gasteiger charge is -2.30. The van der Waals surface area contributed by atoms with E-state index in [4.69, 9.17) is 9.72 Å². The molecule has 5 N–H and O–H groups in total. The molecule has 2 fully saturated rings. The van der Waals surface area contributed by atoms with Crippen molar-refractivity contribution >= 4 is 51.2 Å². The van der Waals surface area contributed by atoms with Crippen LogP contribution >= 0.6 is 11.3 Å². The van der Waals surface area contributed by atoms with E-state index >= 15 is 0 Å². The number of thiazole rings is 1. The summed E-state index contributed by atoms with van der Waals surface area (Å²) in [7, 11) is 1.28. The lowest BCUT2D eigenvalue weighted by Crippen LogP contribution is -2.51. The van der Waals surface area contributed by atoms with Crippen LogP contribution in [-0.2, 0) is 14.3 Å². The minimum atomic E-state index is -0.690. The van der Waals surface area contributed by atoms with Crippen LogP contribution in [0.4, 0.5) is 15.3 Å². The fourth-order valence-electron chi connectivity index (χ4n) is 6.03. The van der Waals surface area contributed by atoms with Gasteiger partial charge in [0.2, 0.25) is 11.8 Å². The molecular formula is C33H38N8O5S. The van der Waals surface area contributed by atoms with Crippen molar-refractivity contribution in [2.75, 3.05) is 25.5 Å². The standard InChI is InChI=1S/C33H38N8O5S/c1-18(2)27(39-33(45)46-3)31(43)41-15-5-7-25(41)28-35-17-24(37-28)19-8-10-20(11-9-19)30-38-22-13-12-21(16-26(22)47-30)36-32(44)40-29(42)23-6-4-14-34-23/h8-13,16-18,23,25,27,34H,4-7,14-15H2,1-3H3,(H,35,37)(H,39,45)(H2,36,40,42,44)/t23-,25-,27?/m0/s1. The van der Waals surface area contributed by atoms with Crippen molar-refractivity contribution in [1.82, 2.24) is 35.8 Å². The number of rotatable bonds is 8. The second-order valence-corrected chi connectivity index (χ2v) is 13.1. The summed E-state index contributed by atoms with van der Waals surface area (Å²) in [6, 6.07) is 11.7. The molecule has 0 radical (unpaired) electrons. The Morgan fingerprint density at radius 1 is 1.04 bits per heavy atom. The maximum absolute atomic E-state index is 13.5. The van der Waals surface area contributed by atoms with Crippen molar-refractivity contribution in [3.63, 3.8) is 0 Å². The predicted molar refractivity (Wildman–Crippen MR) is 179 cm³/mol. The molecule has 6 rings (SSSR count). The Balaban J connectivity index is 1.11. The van der Waals surface area contributed by atoms with Gasteiger partial charge in [-0.25, -0.2) is 19.6 Å². The Hall–Kier alpha value is -4.82. The summed E-state index contributed by atoms with van der Waals surface area (Å²) in [6.45, 7) is 5.15. The van der Waals surface area contributed by atoms with Crippen LogP contribution in [-0.4, -0.2) is 76.1 Å². The summed E-state index contributed by atoms with van der Waals surface area (Å²) in [5.41, 5.74) is 4.10. The van der Waals surface area contributed by atoms with Crippen LogP contribution in [0.15, 0.2) is 48.7 Å². The zero-order valence-corrected chi connectivity index (χ0v) is 27.3. The van der Waals surface area contributed by atoms with E-state index in [-0.39, 0.29) is 29.8 Å². The number of aromatic nitrogens is 3. The SMILES string of the molecule is COC(=O)NC(C(=O)N1CCC[C@H]1c1ncc(-c2ccc(-c3nc4ccc(NC(=O)NC(=O)[C@@H]5CCCN5)cc4s3)cc2)[nH]1)C(C)C. The molecule has 47 heavy (non-hydrogen) atoms. The number of carbonyl (C=O) groups excluding carboxylic acids is 4. The molecule has 2 aromatic heterocycles. The summed E-state index contributed by atoms with van der Waals surface area (Å²) in [4.78, 5) is 64.6. The number of alkyl carbamates (subject to hydrolysis) is 1. The van der Waals surface area contributed by atoms with Crippen molar-refractivity contribution in [3.8, 4) is 21.8 Å². The van der Waals surface area contributed by atoms with Gasteiger partial charge in [-0.3, -0.25) is 14.9 Å². The van der Waals surface area contributed by atoms with E-state index in [1.165, 1.54) is 18.4 Å². The summed E-state index contributed by atoms with van der Waals surface area (Å²) < 4.78 is 5.63. The molecular weight excluding hydrogens is 620 g/mol. The van der Waals surface area contributed by atoms with Gasteiger partial charge in [0.1, 0.15) is 16.9 Å². The number of nitrogens with one attached hydrogen (secondary N) is 5. The van der Waals surface area contributed by atoms with Crippen LogP contribution < -0.4 is 21.3 Å². The molecule has 1 unspecified atom stereocenters. The molecule has 0 saturated carbocycles. The number of ether oxygens (including phenoxy) is 1. The first-order chi connectivity index (χ1) is 22.7.